The third-order valence-corrected chi connectivity index (χ3v) is 3.51. The Labute approximate surface area is 133 Å². The van der Waals surface area contributed by atoms with Crippen molar-refractivity contribution in [3.05, 3.63) is 51.8 Å². The van der Waals surface area contributed by atoms with E-state index in [2.05, 4.69) is 9.72 Å². The van der Waals surface area contributed by atoms with Gasteiger partial charge in [0.05, 0.1) is 7.11 Å². The van der Waals surface area contributed by atoms with Gasteiger partial charge in [-0.15, -0.1) is 0 Å². The molecule has 116 valence electrons. The molecule has 1 N–H and O–H groups in total. The van der Waals surface area contributed by atoms with Gasteiger partial charge in [-0.05, 0) is 37.6 Å². The van der Waals surface area contributed by atoms with E-state index < -0.39 is 5.97 Å². The molecule has 0 unspecified atom stereocenters. The first-order chi connectivity index (χ1) is 10.4. The average Bonchev–Trinajstić information content (AvgIpc) is 2.79. The van der Waals surface area contributed by atoms with Crippen molar-refractivity contribution in [2.75, 3.05) is 13.7 Å². The van der Waals surface area contributed by atoms with Gasteiger partial charge >= 0.3 is 5.97 Å². The summed E-state index contributed by atoms with van der Waals surface area (Å²) in [6.45, 7) is 3.29. The molecule has 0 saturated carbocycles. The third kappa shape index (κ3) is 3.31. The van der Waals surface area contributed by atoms with Crippen molar-refractivity contribution < 1.29 is 19.1 Å². The highest BCUT2D eigenvalue weighted by Crippen LogP contribution is 2.21. The molecule has 0 aliphatic carbocycles. The quantitative estimate of drug-likeness (QED) is 0.677. The molecule has 0 fully saturated rings. The van der Waals surface area contributed by atoms with E-state index in [9.17, 15) is 9.59 Å². The highest BCUT2D eigenvalue weighted by Gasteiger charge is 2.22. The number of esters is 1. The lowest BCUT2D eigenvalue weighted by Gasteiger charge is -2.06. The molecule has 0 aliphatic rings. The highest BCUT2D eigenvalue weighted by atomic mass is 35.5. The van der Waals surface area contributed by atoms with Gasteiger partial charge in [-0.1, -0.05) is 17.7 Å². The molecule has 0 bridgehead atoms. The summed E-state index contributed by atoms with van der Waals surface area (Å²) < 4.78 is 10.1. The van der Waals surface area contributed by atoms with E-state index in [1.807, 2.05) is 0 Å². The van der Waals surface area contributed by atoms with Crippen LogP contribution in [-0.4, -0.2) is 30.5 Å². The normalized spacial score (nSPS) is 10.4. The van der Waals surface area contributed by atoms with Gasteiger partial charge < -0.3 is 14.5 Å². The van der Waals surface area contributed by atoms with Gasteiger partial charge in [0.15, 0.2) is 6.61 Å². The predicted molar refractivity (Wildman–Crippen MR) is 82.9 cm³/mol. The molecule has 0 spiro atoms. The Balaban J connectivity index is 2.16. The number of aryl methyl sites for hydroxylation is 1. The van der Waals surface area contributed by atoms with Gasteiger partial charge in [0.2, 0.25) is 5.78 Å². The first kappa shape index (κ1) is 16.1. The summed E-state index contributed by atoms with van der Waals surface area (Å²) in [6, 6.07) is 6.81. The minimum Gasteiger partial charge on any atom is -0.485 e. The fourth-order valence-corrected chi connectivity index (χ4v) is 2.43. The fourth-order valence-electron chi connectivity index (χ4n) is 2.25. The smallest absolute Gasteiger partial charge is 0.354 e. The van der Waals surface area contributed by atoms with Gasteiger partial charge in [-0.25, -0.2) is 4.79 Å². The van der Waals surface area contributed by atoms with Crippen LogP contribution >= 0.6 is 11.6 Å². The molecular weight excluding hydrogens is 306 g/mol. The number of halogens is 1. The van der Waals surface area contributed by atoms with Crippen molar-refractivity contribution >= 4 is 23.4 Å². The molecule has 2 rings (SSSR count). The van der Waals surface area contributed by atoms with Crippen LogP contribution in [0.4, 0.5) is 0 Å². The maximum absolute atomic E-state index is 12.3. The van der Waals surface area contributed by atoms with Crippen molar-refractivity contribution in [1.82, 2.24) is 4.98 Å². The molecule has 6 heteroatoms. The molecule has 0 amide bonds. The second kappa shape index (κ2) is 6.66. The Morgan fingerprint density at radius 3 is 2.64 bits per heavy atom. The number of Topliss-reactive ketones (excluding diaryl/α,β-unsaturated/α-hetero) is 1. The Morgan fingerprint density at radius 2 is 2.00 bits per heavy atom. The Kier molecular flexibility index (Phi) is 4.88. The molecule has 22 heavy (non-hydrogen) atoms. The number of nitrogens with one attached hydrogen (secondary N) is 1. The summed E-state index contributed by atoms with van der Waals surface area (Å²) in [6.07, 6.45) is 0. The van der Waals surface area contributed by atoms with E-state index in [4.69, 9.17) is 16.3 Å². The summed E-state index contributed by atoms with van der Waals surface area (Å²) >= 11 is 5.86. The fraction of sp³-hybridized carbons (Fsp3) is 0.250. The zero-order valence-electron chi connectivity index (χ0n) is 12.5. The molecule has 1 aromatic heterocycles. The van der Waals surface area contributed by atoms with Crippen LogP contribution in [0.25, 0.3) is 0 Å². The Bertz CT molecular complexity index is 721. The number of hydrogen-bond acceptors (Lipinski definition) is 4. The van der Waals surface area contributed by atoms with Crippen LogP contribution in [0.2, 0.25) is 5.02 Å². The lowest BCUT2D eigenvalue weighted by molar-refractivity contribution is 0.0594. The molecule has 2 aromatic rings. The number of ether oxygens (including phenoxy) is 2. The van der Waals surface area contributed by atoms with Crippen molar-refractivity contribution in [3.8, 4) is 5.75 Å². The minimum absolute atomic E-state index is 0.138. The van der Waals surface area contributed by atoms with Crippen LogP contribution in [0, 0.1) is 13.8 Å². The van der Waals surface area contributed by atoms with Gasteiger partial charge in [0.1, 0.15) is 11.4 Å². The predicted octanol–water partition coefficient (Wildman–Crippen LogP) is 3.33. The maximum atomic E-state index is 12.3. The van der Waals surface area contributed by atoms with E-state index in [0.717, 1.165) is 0 Å². The van der Waals surface area contributed by atoms with Gasteiger partial charge in [-0.2, -0.15) is 0 Å². The van der Waals surface area contributed by atoms with Crippen LogP contribution in [0.15, 0.2) is 24.3 Å². The largest absolute Gasteiger partial charge is 0.485 e. The van der Waals surface area contributed by atoms with E-state index >= 15 is 0 Å². The maximum Gasteiger partial charge on any atom is 0.354 e. The topological polar surface area (TPSA) is 68.4 Å². The summed E-state index contributed by atoms with van der Waals surface area (Å²) in [5.74, 6) is -0.211. The van der Waals surface area contributed by atoms with Crippen LogP contribution in [0.5, 0.6) is 5.75 Å². The number of hydrogen-bond donors (Lipinski definition) is 1. The first-order valence-corrected chi connectivity index (χ1v) is 7.01. The molecule has 0 aliphatic heterocycles. The number of carbonyl (C=O) groups is 2. The molecule has 0 saturated heterocycles. The number of benzene rings is 1. The number of aromatic amines is 1. The Morgan fingerprint density at radius 1 is 1.27 bits per heavy atom. The number of H-pyrrole nitrogens is 1. The zero-order valence-corrected chi connectivity index (χ0v) is 13.3. The summed E-state index contributed by atoms with van der Waals surface area (Å²) in [4.78, 5) is 26.8. The number of ketones is 1. The van der Waals surface area contributed by atoms with Crippen LogP contribution in [0.3, 0.4) is 0 Å². The zero-order chi connectivity index (χ0) is 16.3. The van der Waals surface area contributed by atoms with Gasteiger partial charge in [0.25, 0.3) is 0 Å². The van der Waals surface area contributed by atoms with Crippen LogP contribution < -0.4 is 4.74 Å². The lowest BCUT2D eigenvalue weighted by Crippen LogP contribution is -2.13. The van der Waals surface area contributed by atoms with Gasteiger partial charge in [0, 0.05) is 16.3 Å². The van der Waals surface area contributed by atoms with Crippen LogP contribution in [0.1, 0.15) is 32.1 Å². The van der Waals surface area contributed by atoms with E-state index in [1.165, 1.54) is 7.11 Å². The number of carbonyl (C=O) groups excluding carboxylic acids is 2. The summed E-state index contributed by atoms with van der Waals surface area (Å²) in [5.41, 5.74) is 1.90. The molecule has 0 radical (unpaired) electrons. The monoisotopic (exact) mass is 321 g/mol. The summed E-state index contributed by atoms with van der Waals surface area (Å²) in [7, 11) is 1.29. The minimum atomic E-state index is -0.504. The number of aromatic nitrogens is 1. The van der Waals surface area contributed by atoms with E-state index in [-0.39, 0.29) is 18.1 Å². The Hall–Kier alpha value is -2.27. The summed E-state index contributed by atoms with van der Waals surface area (Å²) in [5, 5.41) is 0.534. The van der Waals surface area contributed by atoms with Crippen molar-refractivity contribution in [3.63, 3.8) is 0 Å². The number of rotatable bonds is 5. The third-order valence-electron chi connectivity index (χ3n) is 3.27. The van der Waals surface area contributed by atoms with E-state index in [0.29, 0.717) is 27.6 Å². The second-order valence-electron chi connectivity index (χ2n) is 4.79. The lowest BCUT2D eigenvalue weighted by atomic mass is 10.1. The molecule has 5 nitrogen and oxygen atoms in total. The standard InChI is InChI=1S/C16H16ClNO4/c1-9-14(10(2)18-15(9)16(20)21-3)13(19)8-22-12-6-4-5-11(17)7-12/h4-7,18H,8H2,1-3H3. The number of methoxy groups -OCH3 is 1. The molecule has 0 atom stereocenters. The van der Waals surface area contributed by atoms with E-state index in [1.54, 1.807) is 38.1 Å². The van der Waals surface area contributed by atoms with Crippen molar-refractivity contribution in [2.24, 2.45) is 0 Å². The SMILES string of the molecule is COC(=O)c1[nH]c(C)c(C(=O)COc2cccc(Cl)c2)c1C. The second-order valence-corrected chi connectivity index (χ2v) is 5.22. The molecule has 1 aromatic carbocycles. The highest BCUT2D eigenvalue weighted by molar-refractivity contribution is 6.30. The van der Waals surface area contributed by atoms with Crippen LogP contribution in [-0.2, 0) is 4.74 Å². The molecule has 1 heterocycles. The molecular formula is C16H16ClNO4. The first-order valence-electron chi connectivity index (χ1n) is 6.63. The van der Waals surface area contributed by atoms with Gasteiger partial charge in [-0.3, -0.25) is 4.79 Å². The van der Waals surface area contributed by atoms with Crippen molar-refractivity contribution in [1.29, 1.82) is 0 Å². The average molecular weight is 322 g/mol. The van der Waals surface area contributed by atoms with Crippen molar-refractivity contribution in [2.45, 2.75) is 13.8 Å².